The van der Waals surface area contributed by atoms with E-state index in [-0.39, 0.29) is 11.7 Å². The van der Waals surface area contributed by atoms with Crippen molar-refractivity contribution in [1.29, 1.82) is 0 Å². The number of hydrogen-bond acceptors (Lipinski definition) is 3. The zero-order valence-electron chi connectivity index (χ0n) is 12.0. The Balaban J connectivity index is 2.22. The molecule has 0 N–H and O–H groups in total. The molecule has 1 aromatic heterocycles. The highest BCUT2D eigenvalue weighted by Crippen LogP contribution is 2.22. The summed E-state index contributed by atoms with van der Waals surface area (Å²) in [4.78, 5) is 17.0. The van der Waals surface area contributed by atoms with Gasteiger partial charge in [0.25, 0.3) is 5.56 Å². The van der Waals surface area contributed by atoms with E-state index in [1.807, 2.05) is 56.3 Å². The van der Waals surface area contributed by atoms with Gasteiger partial charge in [-0.2, -0.15) is 0 Å². The second-order valence-corrected chi connectivity index (χ2v) is 5.07. The highest BCUT2D eigenvalue weighted by Gasteiger charge is 2.10. The van der Waals surface area contributed by atoms with Crippen LogP contribution in [0.4, 0.5) is 0 Å². The molecule has 4 nitrogen and oxygen atoms in total. The number of nitrogens with zero attached hydrogens (tertiary/aromatic N) is 2. The number of para-hydroxylation sites is 3. The van der Waals surface area contributed by atoms with Crippen molar-refractivity contribution in [3.05, 3.63) is 65.2 Å². The Labute approximate surface area is 122 Å². The first kappa shape index (κ1) is 13.4. The quantitative estimate of drug-likeness (QED) is 0.740. The van der Waals surface area contributed by atoms with Gasteiger partial charge in [0.1, 0.15) is 12.1 Å². The van der Waals surface area contributed by atoms with E-state index in [0.29, 0.717) is 22.3 Å². The number of fused-ring (bicyclic) bond motifs is 1. The first-order chi connectivity index (χ1) is 10.2. The van der Waals surface area contributed by atoms with Crippen LogP contribution in [0.25, 0.3) is 16.6 Å². The topological polar surface area (TPSA) is 44.1 Å². The van der Waals surface area contributed by atoms with Gasteiger partial charge in [-0.15, -0.1) is 0 Å². The maximum Gasteiger partial charge on any atom is 0.265 e. The molecule has 0 aliphatic heterocycles. The Hall–Kier alpha value is -2.62. The number of benzene rings is 2. The van der Waals surface area contributed by atoms with Crippen molar-refractivity contribution in [3.63, 3.8) is 0 Å². The van der Waals surface area contributed by atoms with E-state index in [0.717, 1.165) is 0 Å². The maximum absolute atomic E-state index is 12.6. The fraction of sp³-hybridized carbons (Fsp3) is 0.176. The molecule has 0 fully saturated rings. The van der Waals surface area contributed by atoms with Gasteiger partial charge in [-0.3, -0.25) is 9.36 Å². The fourth-order valence-electron chi connectivity index (χ4n) is 2.25. The van der Waals surface area contributed by atoms with Gasteiger partial charge in [0.05, 0.1) is 22.7 Å². The summed E-state index contributed by atoms with van der Waals surface area (Å²) >= 11 is 0. The third-order valence-corrected chi connectivity index (χ3v) is 3.15. The third kappa shape index (κ3) is 2.52. The summed E-state index contributed by atoms with van der Waals surface area (Å²) in [6.45, 7) is 3.91. The van der Waals surface area contributed by atoms with Crippen LogP contribution in [0.5, 0.6) is 5.75 Å². The number of aromatic nitrogens is 2. The first-order valence-corrected chi connectivity index (χ1v) is 6.89. The molecule has 0 saturated heterocycles. The summed E-state index contributed by atoms with van der Waals surface area (Å²) in [5.41, 5.74) is 1.30. The second-order valence-electron chi connectivity index (χ2n) is 5.07. The van der Waals surface area contributed by atoms with Gasteiger partial charge in [0.2, 0.25) is 0 Å². The van der Waals surface area contributed by atoms with E-state index in [2.05, 4.69) is 4.98 Å². The first-order valence-electron chi connectivity index (χ1n) is 6.89. The molecule has 3 aromatic rings. The van der Waals surface area contributed by atoms with Crippen LogP contribution in [0.2, 0.25) is 0 Å². The second kappa shape index (κ2) is 5.40. The van der Waals surface area contributed by atoms with Crippen LogP contribution in [-0.4, -0.2) is 15.7 Å². The SMILES string of the molecule is CC(C)Oc1ccccc1-n1cnc2ccccc2c1=O. The molecule has 0 radical (unpaired) electrons. The predicted molar refractivity (Wildman–Crippen MR) is 83.1 cm³/mol. The lowest BCUT2D eigenvalue weighted by Gasteiger charge is -2.15. The fourth-order valence-corrected chi connectivity index (χ4v) is 2.25. The number of hydrogen-bond donors (Lipinski definition) is 0. The minimum Gasteiger partial charge on any atom is -0.489 e. The van der Waals surface area contributed by atoms with Crippen LogP contribution in [0.3, 0.4) is 0 Å². The van der Waals surface area contributed by atoms with Crippen LogP contribution in [-0.2, 0) is 0 Å². The molecule has 4 heteroatoms. The molecule has 106 valence electrons. The molecule has 3 rings (SSSR count). The van der Waals surface area contributed by atoms with Gasteiger partial charge in [0.15, 0.2) is 0 Å². The van der Waals surface area contributed by atoms with Crippen LogP contribution < -0.4 is 10.3 Å². The van der Waals surface area contributed by atoms with Gasteiger partial charge < -0.3 is 4.74 Å². The molecule has 0 aliphatic rings. The summed E-state index contributed by atoms with van der Waals surface area (Å²) in [5, 5.41) is 0.597. The summed E-state index contributed by atoms with van der Waals surface area (Å²) < 4.78 is 7.31. The Bertz CT molecular complexity index is 837. The largest absolute Gasteiger partial charge is 0.489 e. The Morgan fingerprint density at radius 1 is 1.05 bits per heavy atom. The molecule has 0 unspecified atom stereocenters. The van der Waals surface area contributed by atoms with Crippen molar-refractivity contribution in [1.82, 2.24) is 9.55 Å². The predicted octanol–water partition coefficient (Wildman–Crippen LogP) is 3.17. The standard InChI is InChI=1S/C17H16N2O2/c1-12(2)21-16-10-6-5-9-15(16)19-11-18-14-8-4-3-7-13(14)17(19)20/h3-12H,1-2H3. The third-order valence-electron chi connectivity index (χ3n) is 3.15. The van der Waals surface area contributed by atoms with Gasteiger partial charge in [-0.05, 0) is 38.1 Å². The normalized spacial score (nSPS) is 11.0. The van der Waals surface area contributed by atoms with Gasteiger partial charge in [0, 0.05) is 0 Å². The van der Waals surface area contributed by atoms with Crippen LogP contribution >= 0.6 is 0 Å². The van der Waals surface area contributed by atoms with Crippen molar-refractivity contribution in [2.75, 3.05) is 0 Å². The molecular weight excluding hydrogens is 264 g/mol. The summed E-state index contributed by atoms with van der Waals surface area (Å²) in [7, 11) is 0. The molecule has 21 heavy (non-hydrogen) atoms. The van der Waals surface area contributed by atoms with Gasteiger partial charge in [-0.25, -0.2) is 4.98 Å². The number of rotatable bonds is 3. The van der Waals surface area contributed by atoms with Crippen LogP contribution in [0.1, 0.15) is 13.8 Å². The van der Waals surface area contributed by atoms with E-state index < -0.39 is 0 Å². The maximum atomic E-state index is 12.6. The Morgan fingerprint density at radius 2 is 1.76 bits per heavy atom. The average Bonchev–Trinajstić information content (AvgIpc) is 2.48. The van der Waals surface area contributed by atoms with Gasteiger partial charge >= 0.3 is 0 Å². The van der Waals surface area contributed by atoms with Crippen molar-refractivity contribution >= 4 is 10.9 Å². The minimum absolute atomic E-state index is 0.0373. The molecule has 2 aromatic carbocycles. The molecular formula is C17H16N2O2. The zero-order chi connectivity index (χ0) is 14.8. The lowest BCUT2D eigenvalue weighted by atomic mass is 10.2. The van der Waals surface area contributed by atoms with E-state index >= 15 is 0 Å². The number of ether oxygens (including phenoxy) is 1. The minimum atomic E-state index is -0.0968. The molecule has 0 amide bonds. The van der Waals surface area contributed by atoms with Crippen molar-refractivity contribution in [3.8, 4) is 11.4 Å². The highest BCUT2D eigenvalue weighted by atomic mass is 16.5. The monoisotopic (exact) mass is 280 g/mol. The smallest absolute Gasteiger partial charge is 0.265 e. The van der Waals surface area contributed by atoms with Crippen LogP contribution in [0.15, 0.2) is 59.7 Å². The lowest BCUT2D eigenvalue weighted by Crippen LogP contribution is -2.20. The molecule has 0 bridgehead atoms. The molecule has 0 saturated carbocycles. The Morgan fingerprint density at radius 3 is 2.57 bits per heavy atom. The zero-order valence-corrected chi connectivity index (χ0v) is 12.0. The van der Waals surface area contributed by atoms with E-state index in [4.69, 9.17) is 4.74 Å². The van der Waals surface area contributed by atoms with Crippen molar-refractivity contribution in [2.24, 2.45) is 0 Å². The average molecular weight is 280 g/mol. The van der Waals surface area contributed by atoms with E-state index in [1.54, 1.807) is 12.4 Å². The lowest BCUT2D eigenvalue weighted by molar-refractivity contribution is 0.241. The van der Waals surface area contributed by atoms with Crippen molar-refractivity contribution < 1.29 is 4.74 Å². The molecule has 1 heterocycles. The highest BCUT2D eigenvalue weighted by molar-refractivity contribution is 5.77. The Kier molecular flexibility index (Phi) is 3.44. The molecule has 0 aliphatic carbocycles. The molecule has 0 atom stereocenters. The van der Waals surface area contributed by atoms with E-state index in [1.165, 1.54) is 4.57 Å². The van der Waals surface area contributed by atoms with Crippen LogP contribution in [0, 0.1) is 0 Å². The molecule has 0 spiro atoms. The van der Waals surface area contributed by atoms with E-state index in [9.17, 15) is 4.79 Å². The van der Waals surface area contributed by atoms with Gasteiger partial charge in [-0.1, -0.05) is 24.3 Å². The summed E-state index contributed by atoms with van der Waals surface area (Å²) in [6, 6.07) is 14.8. The summed E-state index contributed by atoms with van der Waals surface area (Å²) in [6.07, 6.45) is 1.59. The summed E-state index contributed by atoms with van der Waals surface area (Å²) in [5.74, 6) is 0.673. The van der Waals surface area contributed by atoms with Crippen molar-refractivity contribution in [2.45, 2.75) is 20.0 Å².